The van der Waals surface area contributed by atoms with Crippen LogP contribution in [0.3, 0.4) is 0 Å². The van der Waals surface area contributed by atoms with Crippen molar-refractivity contribution in [2.75, 3.05) is 6.54 Å². The fraction of sp³-hybridized carbons (Fsp3) is 0.571. The van der Waals surface area contributed by atoms with Gasteiger partial charge in [-0.3, -0.25) is 9.48 Å². The van der Waals surface area contributed by atoms with Crippen molar-refractivity contribution in [3.05, 3.63) is 16.6 Å². The number of thiophene rings is 1. The normalized spacial score (nSPS) is 22.0. The summed E-state index contributed by atoms with van der Waals surface area (Å²) < 4.78 is 1.85. The summed E-state index contributed by atoms with van der Waals surface area (Å²) in [5.41, 5.74) is 0.980. The molecule has 0 aliphatic carbocycles. The van der Waals surface area contributed by atoms with E-state index in [1.54, 1.807) is 0 Å². The number of aryl methyl sites for hydroxylation is 2. The first kappa shape index (κ1) is 16.3. The number of hydrogen-bond donors (Lipinski definition) is 2. The second-order valence-electron chi connectivity index (χ2n) is 5.59. The summed E-state index contributed by atoms with van der Waals surface area (Å²) in [5, 5.41) is 12.0. The minimum Gasteiger partial charge on any atom is -0.349 e. The van der Waals surface area contributed by atoms with Gasteiger partial charge in [0.1, 0.15) is 4.83 Å². The van der Waals surface area contributed by atoms with E-state index in [0.717, 1.165) is 40.2 Å². The molecule has 7 heteroatoms. The van der Waals surface area contributed by atoms with E-state index in [2.05, 4.69) is 22.7 Å². The largest absolute Gasteiger partial charge is 0.349 e. The molecule has 0 bridgehead atoms. The quantitative estimate of drug-likeness (QED) is 0.889. The molecular weight excluding hydrogens is 308 g/mol. The van der Waals surface area contributed by atoms with Crippen LogP contribution in [-0.4, -0.2) is 34.3 Å². The van der Waals surface area contributed by atoms with Gasteiger partial charge in [0, 0.05) is 24.5 Å². The molecule has 2 N–H and O–H groups in total. The van der Waals surface area contributed by atoms with Crippen molar-refractivity contribution in [1.82, 2.24) is 20.4 Å². The van der Waals surface area contributed by atoms with Crippen molar-refractivity contribution in [1.29, 1.82) is 0 Å². The number of amides is 1. The molecule has 2 atom stereocenters. The first-order valence-electron chi connectivity index (χ1n) is 7.02. The maximum atomic E-state index is 12.4. The van der Waals surface area contributed by atoms with E-state index in [9.17, 15) is 4.79 Å². The molecule has 3 heterocycles. The monoisotopic (exact) mass is 328 g/mol. The third-order valence-corrected chi connectivity index (χ3v) is 5.08. The summed E-state index contributed by atoms with van der Waals surface area (Å²) >= 11 is 1.52. The molecule has 0 saturated carbocycles. The van der Waals surface area contributed by atoms with Crippen molar-refractivity contribution in [2.45, 2.75) is 38.8 Å². The standard InChI is InChI=1S/C14H20N4OS.ClH/c1-8-6-10(4-5-15-8)16-13(19)12-7-11-9(2)17-18(3)14(11)20-12;/h7-8,10,15H,4-6H2,1-3H3,(H,16,19);1H. The molecule has 0 aromatic carbocycles. The minimum absolute atomic E-state index is 0. The van der Waals surface area contributed by atoms with E-state index in [1.807, 2.05) is 24.7 Å². The Morgan fingerprint density at radius 2 is 2.33 bits per heavy atom. The fourth-order valence-electron chi connectivity index (χ4n) is 2.84. The molecule has 2 aromatic rings. The van der Waals surface area contributed by atoms with E-state index in [0.29, 0.717) is 6.04 Å². The second kappa shape index (κ2) is 6.34. The molecule has 1 aliphatic heterocycles. The molecule has 116 valence electrons. The first-order valence-corrected chi connectivity index (χ1v) is 7.83. The number of carbonyl (C=O) groups is 1. The van der Waals surface area contributed by atoms with E-state index in [1.165, 1.54) is 11.3 Å². The molecular formula is C14H21ClN4OS. The highest BCUT2D eigenvalue weighted by Gasteiger charge is 2.22. The summed E-state index contributed by atoms with van der Waals surface area (Å²) in [5.74, 6) is 0.0460. The topological polar surface area (TPSA) is 59.0 Å². The Hall–Kier alpha value is -1.11. The van der Waals surface area contributed by atoms with Gasteiger partial charge in [-0.25, -0.2) is 0 Å². The lowest BCUT2D eigenvalue weighted by Crippen LogP contribution is -2.46. The molecule has 2 aromatic heterocycles. The lowest BCUT2D eigenvalue weighted by molar-refractivity contribution is 0.0930. The van der Waals surface area contributed by atoms with Crippen LogP contribution in [0.1, 0.15) is 35.1 Å². The van der Waals surface area contributed by atoms with Crippen molar-refractivity contribution in [3.8, 4) is 0 Å². The van der Waals surface area contributed by atoms with Crippen LogP contribution in [0.5, 0.6) is 0 Å². The number of aromatic nitrogens is 2. The van der Waals surface area contributed by atoms with E-state index < -0.39 is 0 Å². The lowest BCUT2D eigenvalue weighted by atomic mass is 10.0. The zero-order valence-electron chi connectivity index (χ0n) is 12.5. The Morgan fingerprint density at radius 3 is 3.00 bits per heavy atom. The van der Waals surface area contributed by atoms with E-state index in [4.69, 9.17) is 0 Å². The van der Waals surface area contributed by atoms with Crippen LogP contribution in [0, 0.1) is 6.92 Å². The van der Waals surface area contributed by atoms with Crippen LogP contribution in [0.2, 0.25) is 0 Å². The molecule has 21 heavy (non-hydrogen) atoms. The molecule has 5 nitrogen and oxygen atoms in total. The number of piperidine rings is 1. The third-order valence-electron chi connectivity index (χ3n) is 3.88. The van der Waals surface area contributed by atoms with Crippen LogP contribution in [-0.2, 0) is 7.05 Å². The number of fused-ring (bicyclic) bond motifs is 1. The maximum absolute atomic E-state index is 12.4. The predicted molar refractivity (Wildman–Crippen MR) is 88.5 cm³/mol. The molecule has 0 radical (unpaired) electrons. The summed E-state index contributed by atoms with van der Waals surface area (Å²) in [6, 6.07) is 2.72. The van der Waals surface area contributed by atoms with Gasteiger partial charge in [-0.1, -0.05) is 0 Å². The van der Waals surface area contributed by atoms with Crippen LogP contribution in [0.25, 0.3) is 10.2 Å². The summed E-state index contributed by atoms with van der Waals surface area (Å²) in [4.78, 5) is 14.2. The fourth-order valence-corrected chi connectivity index (χ4v) is 3.86. The highest BCUT2D eigenvalue weighted by atomic mass is 35.5. The van der Waals surface area contributed by atoms with E-state index >= 15 is 0 Å². The second-order valence-corrected chi connectivity index (χ2v) is 6.62. The predicted octanol–water partition coefficient (Wildman–Crippen LogP) is 2.24. The van der Waals surface area contributed by atoms with Gasteiger partial charge in [-0.2, -0.15) is 5.10 Å². The summed E-state index contributed by atoms with van der Waals surface area (Å²) in [6.45, 7) is 5.11. The summed E-state index contributed by atoms with van der Waals surface area (Å²) in [6.07, 6.45) is 2.00. The molecule has 3 rings (SSSR count). The molecule has 1 aliphatic rings. The smallest absolute Gasteiger partial charge is 0.261 e. The number of rotatable bonds is 2. The van der Waals surface area contributed by atoms with Crippen molar-refractivity contribution in [3.63, 3.8) is 0 Å². The van der Waals surface area contributed by atoms with Gasteiger partial charge in [0.15, 0.2) is 0 Å². The maximum Gasteiger partial charge on any atom is 0.261 e. The van der Waals surface area contributed by atoms with Crippen molar-refractivity contribution in [2.24, 2.45) is 7.05 Å². The Balaban J connectivity index is 0.00000161. The number of carbonyl (C=O) groups excluding carboxylic acids is 1. The Labute approximate surface area is 134 Å². The van der Waals surface area contributed by atoms with E-state index in [-0.39, 0.29) is 24.4 Å². The lowest BCUT2D eigenvalue weighted by Gasteiger charge is -2.28. The van der Waals surface area contributed by atoms with Crippen LogP contribution in [0.15, 0.2) is 6.07 Å². The van der Waals surface area contributed by atoms with Gasteiger partial charge < -0.3 is 10.6 Å². The average molecular weight is 329 g/mol. The SMILES string of the molecule is Cc1nn(C)c2sc(C(=O)NC3CCNC(C)C3)cc12.Cl. The first-order chi connectivity index (χ1) is 9.54. The van der Waals surface area contributed by atoms with Crippen molar-refractivity contribution >= 4 is 39.9 Å². The van der Waals surface area contributed by atoms with Gasteiger partial charge in [-0.05, 0) is 39.3 Å². The van der Waals surface area contributed by atoms with Gasteiger partial charge in [0.05, 0.1) is 10.6 Å². The highest BCUT2D eigenvalue weighted by molar-refractivity contribution is 7.20. The number of nitrogens with one attached hydrogen (secondary N) is 2. The third kappa shape index (κ3) is 3.22. The highest BCUT2D eigenvalue weighted by Crippen LogP contribution is 2.27. The zero-order valence-corrected chi connectivity index (χ0v) is 14.1. The van der Waals surface area contributed by atoms with Crippen LogP contribution < -0.4 is 10.6 Å². The average Bonchev–Trinajstić information content (AvgIpc) is 2.92. The molecule has 1 fully saturated rings. The Kier molecular flexibility index (Phi) is 4.91. The number of nitrogens with zero attached hydrogens (tertiary/aromatic N) is 2. The van der Waals surface area contributed by atoms with Crippen LogP contribution >= 0.6 is 23.7 Å². The molecule has 2 unspecified atom stereocenters. The van der Waals surface area contributed by atoms with Gasteiger partial charge >= 0.3 is 0 Å². The van der Waals surface area contributed by atoms with Gasteiger partial charge in [0.25, 0.3) is 5.91 Å². The molecule has 1 amide bonds. The van der Waals surface area contributed by atoms with Gasteiger partial charge in [-0.15, -0.1) is 23.7 Å². The molecule has 0 spiro atoms. The minimum atomic E-state index is 0. The van der Waals surface area contributed by atoms with Crippen LogP contribution in [0.4, 0.5) is 0 Å². The number of halogens is 1. The van der Waals surface area contributed by atoms with Gasteiger partial charge in [0.2, 0.25) is 0 Å². The summed E-state index contributed by atoms with van der Waals surface area (Å²) in [7, 11) is 1.92. The van der Waals surface area contributed by atoms with Crippen molar-refractivity contribution < 1.29 is 4.79 Å². The zero-order chi connectivity index (χ0) is 14.3. The Bertz CT molecular complexity index is 616. The molecule has 1 saturated heterocycles. The number of hydrogen-bond acceptors (Lipinski definition) is 4. The Morgan fingerprint density at radius 1 is 1.57 bits per heavy atom.